The zero-order valence-electron chi connectivity index (χ0n) is 3.46. The summed E-state index contributed by atoms with van der Waals surface area (Å²) in [6, 6.07) is 0. The van der Waals surface area contributed by atoms with Crippen molar-refractivity contribution in [3.05, 3.63) is 0 Å². The van der Waals surface area contributed by atoms with Crippen molar-refractivity contribution in [1.82, 2.24) is 0 Å². The molecule has 0 amide bonds. The van der Waals surface area contributed by atoms with Gasteiger partial charge in [-0.1, -0.05) is 0 Å². The molecular formula is H5CuO4PSi. The van der Waals surface area contributed by atoms with Crippen LogP contribution in [0.4, 0.5) is 0 Å². The Balaban J connectivity index is 0. The Morgan fingerprint density at radius 3 is 1.71 bits per heavy atom. The molecule has 0 saturated heterocycles. The van der Waals surface area contributed by atoms with E-state index in [9.17, 15) is 4.57 Å². The minimum atomic E-state index is -4.08. The molecule has 0 saturated carbocycles. The van der Waals surface area contributed by atoms with Gasteiger partial charge in [0.15, 0.2) is 10.5 Å². The van der Waals surface area contributed by atoms with Crippen LogP contribution in [-0.2, 0) is 25.8 Å². The van der Waals surface area contributed by atoms with Gasteiger partial charge in [-0.05, 0) is 0 Å². The van der Waals surface area contributed by atoms with Gasteiger partial charge < -0.3 is 14.0 Å². The molecule has 0 aliphatic rings. The second-order valence-electron chi connectivity index (χ2n) is 0.673. The van der Waals surface area contributed by atoms with E-state index in [0.29, 0.717) is 0 Å². The molecule has 0 rings (SSSR count). The van der Waals surface area contributed by atoms with Gasteiger partial charge in [0.2, 0.25) is 0 Å². The van der Waals surface area contributed by atoms with Crippen molar-refractivity contribution in [3.63, 3.8) is 0 Å². The number of hydrogen-bond acceptors (Lipinski definition) is 2. The average Bonchev–Trinajstić information content (AvgIpc) is 1.35. The van der Waals surface area contributed by atoms with Crippen LogP contribution in [0.5, 0.6) is 0 Å². The summed E-state index contributed by atoms with van der Waals surface area (Å²) >= 11 is 0. The van der Waals surface area contributed by atoms with Crippen LogP contribution in [0.3, 0.4) is 0 Å². The van der Waals surface area contributed by atoms with Crippen molar-refractivity contribution in [2.75, 3.05) is 0 Å². The standard InChI is InChI=1S/Cu.H5O4PSi/c;1-5(2,3)4-6/h;6H3,(H2,1,2,3). The summed E-state index contributed by atoms with van der Waals surface area (Å²) in [4.78, 5) is 15.5. The van der Waals surface area contributed by atoms with Gasteiger partial charge in [0.05, 0.1) is 0 Å². The molecule has 4 nitrogen and oxygen atoms in total. The molecule has 0 aromatic heterocycles. The number of rotatable bonds is 1. The van der Waals surface area contributed by atoms with Crippen molar-refractivity contribution < 1.29 is 35.6 Å². The van der Waals surface area contributed by atoms with E-state index < -0.39 is 7.82 Å². The third kappa shape index (κ3) is 10.9. The zero-order chi connectivity index (χ0) is 5.21. The molecule has 0 heterocycles. The van der Waals surface area contributed by atoms with Gasteiger partial charge in [0.25, 0.3) is 0 Å². The van der Waals surface area contributed by atoms with Crippen LogP contribution in [0.25, 0.3) is 0 Å². The van der Waals surface area contributed by atoms with E-state index in [4.69, 9.17) is 9.79 Å². The molecule has 0 fully saturated rings. The predicted molar refractivity (Wildman–Crippen MR) is 23.1 cm³/mol. The Hall–Kier alpha value is 0.846. The first kappa shape index (κ1) is 10.8. The summed E-state index contributed by atoms with van der Waals surface area (Å²) in [6.45, 7) is 0. The molecule has 49 valence electrons. The van der Waals surface area contributed by atoms with Gasteiger partial charge in [0, 0.05) is 17.1 Å². The molecule has 0 aromatic carbocycles. The number of hydrogen-bond donors (Lipinski definition) is 2. The van der Waals surface area contributed by atoms with E-state index in [1.807, 2.05) is 0 Å². The molecule has 0 spiro atoms. The summed E-state index contributed by atoms with van der Waals surface area (Å²) in [7, 11) is -4.00. The SMILES string of the molecule is O=P(O)(O)O[SiH3].[Cu]. The van der Waals surface area contributed by atoms with Gasteiger partial charge in [-0.2, -0.15) is 0 Å². The summed E-state index contributed by atoms with van der Waals surface area (Å²) < 4.78 is 13.2. The van der Waals surface area contributed by atoms with Crippen molar-refractivity contribution in [2.24, 2.45) is 0 Å². The minimum absolute atomic E-state index is 0. The van der Waals surface area contributed by atoms with Gasteiger partial charge in [0.1, 0.15) is 0 Å². The Bertz CT molecular complexity index is 75.8. The maximum atomic E-state index is 9.51. The Morgan fingerprint density at radius 2 is 1.71 bits per heavy atom. The van der Waals surface area contributed by atoms with E-state index in [0.717, 1.165) is 0 Å². The average molecular weight is 192 g/mol. The van der Waals surface area contributed by atoms with E-state index >= 15 is 0 Å². The van der Waals surface area contributed by atoms with E-state index in [2.05, 4.69) is 4.21 Å². The van der Waals surface area contributed by atoms with Crippen molar-refractivity contribution >= 4 is 18.3 Å². The quantitative estimate of drug-likeness (QED) is 0.386. The largest absolute Gasteiger partial charge is 0.458 e. The first-order valence-corrected chi connectivity index (χ1v) is 3.52. The van der Waals surface area contributed by atoms with Crippen LogP contribution >= 0.6 is 7.82 Å². The summed E-state index contributed by atoms with van der Waals surface area (Å²) in [6.07, 6.45) is 0. The van der Waals surface area contributed by atoms with Crippen LogP contribution < -0.4 is 0 Å². The minimum Gasteiger partial charge on any atom is -0.342 e. The van der Waals surface area contributed by atoms with Crippen LogP contribution in [0, 0.1) is 0 Å². The van der Waals surface area contributed by atoms with Crippen molar-refractivity contribution in [2.45, 2.75) is 0 Å². The molecule has 0 atom stereocenters. The van der Waals surface area contributed by atoms with Crippen molar-refractivity contribution in [1.29, 1.82) is 0 Å². The third-order valence-corrected chi connectivity index (χ3v) is 2.14. The predicted octanol–water partition coefficient (Wildman–Crippen LogP) is -1.63. The summed E-state index contributed by atoms with van der Waals surface area (Å²) in [5, 5.41) is 0. The van der Waals surface area contributed by atoms with Crippen LogP contribution in [0.2, 0.25) is 0 Å². The van der Waals surface area contributed by atoms with Gasteiger partial charge in [-0.25, -0.2) is 4.57 Å². The Labute approximate surface area is 54.5 Å². The maximum absolute atomic E-state index is 9.51. The summed E-state index contributed by atoms with van der Waals surface area (Å²) in [5.41, 5.74) is 0. The Kier molecular flexibility index (Phi) is 5.84. The maximum Gasteiger partial charge on any atom is 0.458 e. The molecule has 0 aromatic rings. The fourth-order valence-electron chi connectivity index (χ4n) is 0. The second-order valence-corrected chi connectivity index (χ2v) is 3.11. The molecular weight excluding hydrogens is 187 g/mol. The first-order valence-electron chi connectivity index (χ1n) is 1.17. The molecule has 1 radical (unpaired) electrons. The first-order chi connectivity index (χ1) is 2.56. The molecule has 2 N–H and O–H groups in total. The van der Waals surface area contributed by atoms with Crippen LogP contribution in [0.1, 0.15) is 0 Å². The molecule has 0 aliphatic carbocycles. The zero-order valence-corrected chi connectivity index (χ0v) is 7.30. The number of phosphoric acid groups is 1. The van der Waals surface area contributed by atoms with Crippen molar-refractivity contribution in [3.8, 4) is 0 Å². The second kappa shape index (κ2) is 3.80. The monoisotopic (exact) mass is 191 g/mol. The molecule has 7 heavy (non-hydrogen) atoms. The van der Waals surface area contributed by atoms with Crippen LogP contribution in [-0.4, -0.2) is 20.3 Å². The normalized spacial score (nSPS) is 10.6. The fraction of sp³-hybridized carbons (Fsp3) is 0. The summed E-state index contributed by atoms with van der Waals surface area (Å²) in [5.74, 6) is 0. The molecule has 0 bridgehead atoms. The van der Waals surface area contributed by atoms with Gasteiger partial charge >= 0.3 is 7.82 Å². The fourth-order valence-corrected chi connectivity index (χ4v) is 0. The van der Waals surface area contributed by atoms with Gasteiger partial charge in [-0.15, -0.1) is 0 Å². The van der Waals surface area contributed by atoms with E-state index in [-0.39, 0.29) is 27.6 Å². The smallest absolute Gasteiger partial charge is 0.342 e. The van der Waals surface area contributed by atoms with Crippen LogP contribution in [0.15, 0.2) is 0 Å². The van der Waals surface area contributed by atoms with Gasteiger partial charge in [-0.3, -0.25) is 0 Å². The third-order valence-electron chi connectivity index (χ3n) is 0.238. The van der Waals surface area contributed by atoms with E-state index in [1.54, 1.807) is 0 Å². The topological polar surface area (TPSA) is 66.8 Å². The van der Waals surface area contributed by atoms with E-state index in [1.165, 1.54) is 0 Å². The Morgan fingerprint density at radius 1 is 1.57 bits per heavy atom. The molecule has 0 aliphatic heterocycles. The molecule has 0 unspecified atom stereocenters. The molecule has 7 heteroatoms.